The highest BCUT2D eigenvalue weighted by Gasteiger charge is 2.06. The van der Waals surface area contributed by atoms with Gasteiger partial charge in [-0.1, -0.05) is 20.8 Å². The van der Waals surface area contributed by atoms with Crippen molar-refractivity contribution in [2.45, 2.75) is 26.0 Å². The van der Waals surface area contributed by atoms with Crippen molar-refractivity contribution in [3.63, 3.8) is 0 Å². The number of hydrogen-bond acceptors (Lipinski definition) is 2. The van der Waals surface area contributed by atoms with Crippen molar-refractivity contribution in [3.8, 4) is 0 Å². The van der Waals surface area contributed by atoms with Gasteiger partial charge in [0.15, 0.2) is 0 Å². The maximum Gasteiger partial charge on any atom is 0.0462 e. The molecule has 0 spiro atoms. The third kappa shape index (κ3) is 1.82. The van der Waals surface area contributed by atoms with Gasteiger partial charge in [-0.25, -0.2) is 4.21 Å². The van der Waals surface area contributed by atoms with Crippen LogP contribution in [0.2, 0.25) is 0 Å². The molecule has 0 saturated carbocycles. The van der Waals surface area contributed by atoms with Crippen LogP contribution in [0.4, 0.5) is 0 Å². The first-order chi connectivity index (χ1) is 3.50. The Balaban J connectivity index is 4.17. The summed E-state index contributed by atoms with van der Waals surface area (Å²) in [6.45, 7) is 5.42. The van der Waals surface area contributed by atoms with Crippen LogP contribution >= 0.6 is 0 Å². The van der Waals surface area contributed by atoms with E-state index in [0.717, 1.165) is 0 Å². The second-order valence-corrected chi connectivity index (χ2v) is 5.04. The van der Waals surface area contributed by atoms with Crippen molar-refractivity contribution in [2.24, 2.45) is 0 Å². The molecular formula is C5H13NOS. The van der Waals surface area contributed by atoms with Gasteiger partial charge in [-0.2, -0.15) is 0 Å². The summed E-state index contributed by atoms with van der Waals surface area (Å²) in [6, 6.07) is 0. The monoisotopic (exact) mass is 135 g/mol. The number of nitrogens with one attached hydrogen (secondary N) is 1. The van der Waals surface area contributed by atoms with E-state index in [1.165, 1.54) is 0 Å². The average molecular weight is 135 g/mol. The van der Waals surface area contributed by atoms with Crippen molar-refractivity contribution >= 4 is 9.73 Å². The van der Waals surface area contributed by atoms with E-state index in [1.54, 1.807) is 6.92 Å². The average Bonchev–Trinajstić information content (AvgIpc) is 1.67. The summed E-state index contributed by atoms with van der Waals surface area (Å²) in [6.07, 6.45) is 0. The first-order valence-electron chi connectivity index (χ1n) is 2.76. The largest absolute Gasteiger partial charge is 0.253 e. The Morgan fingerprint density at radius 3 is 2.00 bits per heavy atom. The molecule has 0 unspecified atom stereocenters. The van der Waals surface area contributed by atoms with Gasteiger partial charge in [0, 0.05) is 20.7 Å². The summed E-state index contributed by atoms with van der Waals surface area (Å²) in [5.41, 5.74) is 0. The topological polar surface area (TPSA) is 40.9 Å². The van der Waals surface area contributed by atoms with Crippen molar-refractivity contribution in [1.82, 2.24) is 0 Å². The van der Waals surface area contributed by atoms with Crippen LogP contribution in [0, 0.1) is 4.78 Å². The zero-order chi connectivity index (χ0) is 6.78. The molecule has 0 fully saturated rings. The Bertz CT molecular complexity index is 146. The Hall–Kier alpha value is -0.0500. The first-order valence-corrected chi connectivity index (χ1v) is 4.55. The van der Waals surface area contributed by atoms with Crippen LogP contribution in [0.5, 0.6) is 0 Å². The lowest BCUT2D eigenvalue weighted by Gasteiger charge is -2.05. The summed E-state index contributed by atoms with van der Waals surface area (Å²) >= 11 is 0. The van der Waals surface area contributed by atoms with Gasteiger partial charge in [-0.05, 0) is 0 Å². The molecule has 0 aliphatic rings. The summed E-state index contributed by atoms with van der Waals surface area (Å²) in [7, 11) is -2.24. The van der Waals surface area contributed by atoms with Gasteiger partial charge in [0.05, 0.1) is 0 Å². The molecule has 0 aromatic heterocycles. The summed E-state index contributed by atoms with van der Waals surface area (Å²) < 4.78 is 18.1. The van der Waals surface area contributed by atoms with Gasteiger partial charge in [0.1, 0.15) is 0 Å². The smallest absolute Gasteiger partial charge is 0.0462 e. The minimum absolute atomic E-state index is 0.00694. The summed E-state index contributed by atoms with van der Waals surface area (Å²) in [4.78, 5) is 0. The lowest BCUT2D eigenvalue weighted by atomic mass is 10.6. The minimum atomic E-state index is -2.24. The molecule has 0 heterocycles. The molecule has 2 nitrogen and oxygen atoms in total. The normalized spacial score (nSPS) is 18.5. The van der Waals surface area contributed by atoms with Crippen LogP contribution in [0.15, 0.2) is 0 Å². The maximum atomic E-state index is 10.9. The van der Waals surface area contributed by atoms with Crippen molar-refractivity contribution in [3.05, 3.63) is 0 Å². The highest BCUT2D eigenvalue weighted by atomic mass is 32.2. The predicted octanol–water partition coefficient (Wildman–Crippen LogP) is 1.46. The molecular weight excluding hydrogens is 122 g/mol. The molecule has 0 saturated heterocycles. The van der Waals surface area contributed by atoms with E-state index in [0.29, 0.717) is 5.75 Å². The highest BCUT2D eigenvalue weighted by Crippen LogP contribution is 1.99. The van der Waals surface area contributed by atoms with Gasteiger partial charge in [0.25, 0.3) is 0 Å². The van der Waals surface area contributed by atoms with E-state index < -0.39 is 9.73 Å². The zero-order valence-corrected chi connectivity index (χ0v) is 6.42. The lowest BCUT2D eigenvalue weighted by Crippen LogP contribution is -2.13. The Kier molecular flexibility index (Phi) is 2.47. The third-order valence-corrected chi connectivity index (χ3v) is 3.57. The van der Waals surface area contributed by atoms with Crippen molar-refractivity contribution in [1.29, 1.82) is 4.78 Å². The molecule has 0 aromatic rings. The molecule has 0 radical (unpaired) electrons. The maximum absolute atomic E-state index is 10.9. The van der Waals surface area contributed by atoms with E-state index in [-0.39, 0.29) is 5.25 Å². The van der Waals surface area contributed by atoms with Crippen LogP contribution in [0.3, 0.4) is 0 Å². The Labute approximate surface area is 51.3 Å². The second-order valence-electron chi connectivity index (χ2n) is 2.06. The molecule has 0 amide bonds. The van der Waals surface area contributed by atoms with Gasteiger partial charge in [-0.3, -0.25) is 4.78 Å². The van der Waals surface area contributed by atoms with E-state index in [1.807, 2.05) is 13.8 Å². The quantitative estimate of drug-likeness (QED) is 0.612. The molecule has 0 aliphatic carbocycles. The van der Waals surface area contributed by atoms with Gasteiger partial charge < -0.3 is 0 Å². The van der Waals surface area contributed by atoms with E-state index in [2.05, 4.69) is 0 Å². The Morgan fingerprint density at radius 1 is 1.62 bits per heavy atom. The zero-order valence-electron chi connectivity index (χ0n) is 5.60. The lowest BCUT2D eigenvalue weighted by molar-refractivity contribution is 0.668. The molecule has 0 rings (SSSR count). The molecule has 0 aromatic carbocycles. The van der Waals surface area contributed by atoms with Crippen molar-refractivity contribution < 1.29 is 4.21 Å². The molecule has 50 valence electrons. The second kappa shape index (κ2) is 2.49. The van der Waals surface area contributed by atoms with Crippen LogP contribution in [-0.4, -0.2) is 15.2 Å². The van der Waals surface area contributed by atoms with E-state index >= 15 is 0 Å². The Morgan fingerprint density at radius 2 is 2.00 bits per heavy atom. The van der Waals surface area contributed by atoms with Crippen LogP contribution in [0.1, 0.15) is 20.8 Å². The molecule has 0 bridgehead atoms. The number of hydrogen-bond donors (Lipinski definition) is 1. The minimum Gasteiger partial charge on any atom is -0.253 e. The van der Waals surface area contributed by atoms with Gasteiger partial charge in [0.2, 0.25) is 0 Å². The van der Waals surface area contributed by atoms with Crippen LogP contribution in [0.25, 0.3) is 0 Å². The van der Waals surface area contributed by atoms with Crippen LogP contribution < -0.4 is 0 Å². The fraction of sp³-hybridized carbons (Fsp3) is 1.00. The van der Waals surface area contributed by atoms with Gasteiger partial charge >= 0.3 is 0 Å². The molecule has 3 heteroatoms. The van der Waals surface area contributed by atoms with Crippen molar-refractivity contribution in [2.75, 3.05) is 5.75 Å². The standard InChI is InChI=1S/C5H13NOS/c1-4-8(6,7)5(2)3/h5-6H,4H2,1-3H3/t8-/m1/s1. The molecule has 0 aliphatic heterocycles. The SMILES string of the molecule is CC[S@@](=N)(=O)C(C)C. The third-order valence-electron chi connectivity index (χ3n) is 1.19. The summed E-state index contributed by atoms with van der Waals surface area (Å²) in [5, 5.41) is 0.00694. The summed E-state index contributed by atoms with van der Waals surface area (Å²) in [5.74, 6) is 0.477. The highest BCUT2D eigenvalue weighted by molar-refractivity contribution is 7.92. The fourth-order valence-corrected chi connectivity index (χ4v) is 1.00. The number of rotatable bonds is 2. The van der Waals surface area contributed by atoms with E-state index in [9.17, 15) is 4.21 Å². The molecule has 1 N–H and O–H groups in total. The predicted molar refractivity (Wildman–Crippen MR) is 36.5 cm³/mol. The first kappa shape index (κ1) is 7.95. The van der Waals surface area contributed by atoms with Crippen LogP contribution in [-0.2, 0) is 9.73 Å². The molecule has 8 heavy (non-hydrogen) atoms. The van der Waals surface area contributed by atoms with Gasteiger partial charge in [-0.15, -0.1) is 0 Å². The fourth-order valence-electron chi connectivity index (χ4n) is 0.333. The molecule has 1 atom stereocenters. The van der Waals surface area contributed by atoms with E-state index in [4.69, 9.17) is 4.78 Å².